The molecule has 2 aliphatic rings. The third kappa shape index (κ3) is 4.26. The van der Waals surface area contributed by atoms with E-state index in [-0.39, 0.29) is 17.7 Å². The van der Waals surface area contributed by atoms with Gasteiger partial charge in [-0.25, -0.2) is 4.98 Å². The van der Waals surface area contributed by atoms with Crippen LogP contribution in [0.15, 0.2) is 46.9 Å². The third-order valence-corrected chi connectivity index (χ3v) is 5.99. The standard InChI is InChI=1S/C24H25N3O4/c1-30-19-7-2-15(3-8-19)10-22-26-20-9-4-17(12-21(20)31-22)24(29)25-13-16-11-23(28)27(14-16)18-5-6-18/h2-4,7-9,12,16,18H,5-6,10-11,13-14H2,1H3,(H,25,29). The van der Waals surface area contributed by atoms with Crippen molar-refractivity contribution >= 4 is 22.9 Å². The van der Waals surface area contributed by atoms with E-state index in [1.54, 1.807) is 25.3 Å². The summed E-state index contributed by atoms with van der Waals surface area (Å²) in [5.41, 5.74) is 2.91. The summed E-state index contributed by atoms with van der Waals surface area (Å²) < 4.78 is 11.1. The molecular formula is C24H25N3O4. The quantitative estimate of drug-likeness (QED) is 0.636. The van der Waals surface area contributed by atoms with E-state index in [2.05, 4.69) is 10.3 Å². The minimum absolute atomic E-state index is 0.160. The molecule has 1 atom stereocenters. The van der Waals surface area contributed by atoms with E-state index in [4.69, 9.17) is 9.15 Å². The van der Waals surface area contributed by atoms with E-state index in [0.717, 1.165) is 36.2 Å². The van der Waals surface area contributed by atoms with E-state index in [1.807, 2.05) is 29.2 Å². The number of fused-ring (bicyclic) bond motifs is 1. The van der Waals surface area contributed by atoms with Crippen molar-refractivity contribution in [3.63, 3.8) is 0 Å². The molecule has 0 radical (unpaired) electrons. The fourth-order valence-electron chi connectivity index (χ4n) is 4.13. The molecule has 2 fully saturated rings. The van der Waals surface area contributed by atoms with Crippen LogP contribution in [0.25, 0.3) is 11.1 Å². The van der Waals surface area contributed by atoms with Crippen LogP contribution in [0.2, 0.25) is 0 Å². The van der Waals surface area contributed by atoms with Gasteiger partial charge < -0.3 is 19.4 Å². The number of aromatic nitrogens is 1. The molecule has 0 spiro atoms. The average molecular weight is 419 g/mol. The number of nitrogens with zero attached hydrogens (tertiary/aromatic N) is 2. The van der Waals surface area contributed by atoms with Gasteiger partial charge in [-0.1, -0.05) is 12.1 Å². The molecule has 1 unspecified atom stereocenters. The summed E-state index contributed by atoms with van der Waals surface area (Å²) in [6.07, 6.45) is 3.31. The lowest BCUT2D eigenvalue weighted by Gasteiger charge is -2.15. The minimum Gasteiger partial charge on any atom is -0.497 e. The Bertz CT molecular complexity index is 1120. The largest absolute Gasteiger partial charge is 0.497 e. The molecule has 2 aromatic carbocycles. The molecule has 1 aliphatic heterocycles. The van der Waals surface area contributed by atoms with Crippen molar-refractivity contribution < 1.29 is 18.7 Å². The first-order valence-corrected chi connectivity index (χ1v) is 10.7. The molecule has 1 saturated carbocycles. The molecule has 0 bridgehead atoms. The van der Waals surface area contributed by atoms with Crippen molar-refractivity contribution in [2.45, 2.75) is 31.7 Å². The number of amides is 2. The van der Waals surface area contributed by atoms with Gasteiger partial charge in [0, 0.05) is 43.5 Å². The van der Waals surface area contributed by atoms with E-state index < -0.39 is 0 Å². The van der Waals surface area contributed by atoms with Crippen LogP contribution in [0.4, 0.5) is 0 Å². The van der Waals surface area contributed by atoms with Gasteiger partial charge in [0.25, 0.3) is 5.91 Å². The molecule has 3 aromatic rings. The Balaban J connectivity index is 1.21. The predicted molar refractivity (Wildman–Crippen MR) is 115 cm³/mol. The number of carbonyl (C=O) groups excluding carboxylic acids is 2. The first kappa shape index (κ1) is 19.6. The topological polar surface area (TPSA) is 84.7 Å². The zero-order valence-electron chi connectivity index (χ0n) is 17.5. The maximum Gasteiger partial charge on any atom is 0.251 e. The Morgan fingerprint density at radius 3 is 2.77 bits per heavy atom. The number of methoxy groups -OCH3 is 1. The maximum absolute atomic E-state index is 12.6. The second kappa shape index (κ2) is 8.06. The normalized spacial score (nSPS) is 18.5. The van der Waals surface area contributed by atoms with Crippen LogP contribution in [0.1, 0.15) is 41.1 Å². The Hall–Kier alpha value is -3.35. The van der Waals surface area contributed by atoms with Gasteiger partial charge in [0.1, 0.15) is 11.3 Å². The van der Waals surface area contributed by atoms with Crippen molar-refractivity contribution in [2.24, 2.45) is 5.92 Å². The van der Waals surface area contributed by atoms with Crippen molar-refractivity contribution in [1.29, 1.82) is 0 Å². The molecule has 5 rings (SSSR count). The molecule has 31 heavy (non-hydrogen) atoms. The molecule has 1 saturated heterocycles. The van der Waals surface area contributed by atoms with Crippen molar-refractivity contribution in [1.82, 2.24) is 15.2 Å². The van der Waals surface area contributed by atoms with Crippen molar-refractivity contribution in [3.8, 4) is 5.75 Å². The van der Waals surface area contributed by atoms with Gasteiger partial charge in [-0.3, -0.25) is 9.59 Å². The first-order chi connectivity index (χ1) is 15.1. The molecule has 2 amide bonds. The summed E-state index contributed by atoms with van der Waals surface area (Å²) in [6.45, 7) is 1.25. The highest BCUT2D eigenvalue weighted by Crippen LogP contribution is 2.32. The Morgan fingerprint density at radius 2 is 2.03 bits per heavy atom. The lowest BCUT2D eigenvalue weighted by atomic mass is 10.1. The number of hydrogen-bond donors (Lipinski definition) is 1. The Morgan fingerprint density at radius 1 is 1.23 bits per heavy atom. The summed E-state index contributed by atoms with van der Waals surface area (Å²) in [6, 6.07) is 13.5. The molecule has 160 valence electrons. The lowest BCUT2D eigenvalue weighted by Crippen LogP contribution is -2.32. The highest BCUT2D eigenvalue weighted by atomic mass is 16.5. The van der Waals surface area contributed by atoms with Crippen LogP contribution in [-0.2, 0) is 11.2 Å². The van der Waals surface area contributed by atoms with Crippen LogP contribution < -0.4 is 10.1 Å². The molecule has 1 aromatic heterocycles. The number of nitrogens with one attached hydrogen (secondary N) is 1. The van der Waals surface area contributed by atoms with E-state index in [9.17, 15) is 9.59 Å². The summed E-state index contributed by atoms with van der Waals surface area (Å²) in [4.78, 5) is 31.2. The highest BCUT2D eigenvalue weighted by Gasteiger charge is 2.39. The fourth-order valence-corrected chi connectivity index (χ4v) is 4.13. The van der Waals surface area contributed by atoms with E-state index in [0.29, 0.717) is 42.5 Å². The summed E-state index contributed by atoms with van der Waals surface area (Å²) in [5.74, 6) is 1.64. The van der Waals surface area contributed by atoms with Gasteiger partial charge in [-0.05, 0) is 48.7 Å². The number of hydrogen-bond acceptors (Lipinski definition) is 5. The first-order valence-electron chi connectivity index (χ1n) is 10.7. The summed E-state index contributed by atoms with van der Waals surface area (Å²) >= 11 is 0. The zero-order chi connectivity index (χ0) is 21.4. The van der Waals surface area contributed by atoms with E-state index in [1.165, 1.54) is 0 Å². The van der Waals surface area contributed by atoms with Gasteiger partial charge in [-0.2, -0.15) is 0 Å². The lowest BCUT2D eigenvalue weighted by molar-refractivity contribution is -0.128. The second-order valence-electron chi connectivity index (χ2n) is 8.37. The van der Waals surface area contributed by atoms with Gasteiger partial charge in [0.2, 0.25) is 5.91 Å². The fraction of sp³-hybridized carbons (Fsp3) is 0.375. The van der Waals surface area contributed by atoms with Crippen molar-refractivity contribution in [2.75, 3.05) is 20.2 Å². The molecule has 1 N–H and O–H groups in total. The molecule has 1 aliphatic carbocycles. The van der Waals surface area contributed by atoms with Gasteiger partial charge in [-0.15, -0.1) is 0 Å². The van der Waals surface area contributed by atoms with Crippen LogP contribution in [-0.4, -0.2) is 47.9 Å². The predicted octanol–water partition coefficient (Wildman–Crippen LogP) is 3.17. The molecule has 7 heteroatoms. The SMILES string of the molecule is COc1ccc(Cc2nc3ccc(C(=O)NCC4CC(=O)N(C5CC5)C4)cc3o2)cc1. The second-order valence-corrected chi connectivity index (χ2v) is 8.37. The Labute approximate surface area is 180 Å². The smallest absolute Gasteiger partial charge is 0.251 e. The third-order valence-electron chi connectivity index (χ3n) is 5.99. The minimum atomic E-state index is -0.160. The maximum atomic E-state index is 12.6. The van der Waals surface area contributed by atoms with E-state index >= 15 is 0 Å². The van der Waals surface area contributed by atoms with Crippen LogP contribution in [0.5, 0.6) is 5.75 Å². The van der Waals surface area contributed by atoms with Crippen molar-refractivity contribution in [3.05, 3.63) is 59.5 Å². The number of ether oxygens (including phenoxy) is 1. The van der Waals surface area contributed by atoms with Crippen LogP contribution in [0.3, 0.4) is 0 Å². The van der Waals surface area contributed by atoms with Crippen LogP contribution >= 0.6 is 0 Å². The number of oxazole rings is 1. The van der Waals surface area contributed by atoms with Gasteiger partial charge in [0.15, 0.2) is 11.5 Å². The zero-order valence-corrected chi connectivity index (χ0v) is 17.5. The molecule has 7 nitrogen and oxygen atoms in total. The van der Waals surface area contributed by atoms with Gasteiger partial charge in [0.05, 0.1) is 7.11 Å². The number of carbonyl (C=O) groups is 2. The molecular weight excluding hydrogens is 394 g/mol. The summed E-state index contributed by atoms with van der Waals surface area (Å²) in [5, 5.41) is 2.97. The van der Waals surface area contributed by atoms with Gasteiger partial charge >= 0.3 is 0 Å². The molecule has 2 heterocycles. The number of benzene rings is 2. The average Bonchev–Trinajstić information content (AvgIpc) is 3.44. The highest BCUT2D eigenvalue weighted by molar-refractivity contribution is 5.97. The monoisotopic (exact) mass is 419 g/mol. The Kier molecular flexibility index (Phi) is 5.10. The number of rotatable bonds is 7. The summed E-state index contributed by atoms with van der Waals surface area (Å²) in [7, 11) is 1.64. The number of likely N-dealkylation sites (tertiary alicyclic amines) is 1. The van der Waals surface area contributed by atoms with Crippen LogP contribution in [0, 0.1) is 5.92 Å².